The highest BCUT2D eigenvalue weighted by molar-refractivity contribution is 5.84. The maximum atomic E-state index is 12.0. The van der Waals surface area contributed by atoms with Crippen LogP contribution in [0.2, 0.25) is 0 Å². The first-order valence-electron chi connectivity index (χ1n) is 6.51. The maximum Gasteiger partial charge on any atom is 0.254 e. The Kier molecular flexibility index (Phi) is 2.12. The molecule has 1 aliphatic rings. The number of benzene rings is 1. The van der Waals surface area contributed by atoms with E-state index < -0.39 is 0 Å². The first-order chi connectivity index (χ1) is 9.31. The number of nitrogens with zero attached hydrogens (tertiary/aromatic N) is 1. The Labute approximate surface area is 109 Å². The van der Waals surface area contributed by atoms with Crippen molar-refractivity contribution in [2.45, 2.75) is 19.3 Å². The predicted molar refractivity (Wildman–Crippen MR) is 74.2 cm³/mol. The van der Waals surface area contributed by atoms with Crippen molar-refractivity contribution in [3.05, 3.63) is 51.9 Å². The molecule has 4 rings (SSSR count). The maximum absolute atomic E-state index is 12.0. The van der Waals surface area contributed by atoms with Gasteiger partial charge in [-0.15, -0.1) is 0 Å². The van der Waals surface area contributed by atoms with Gasteiger partial charge in [0, 0.05) is 16.5 Å². The fourth-order valence-electron chi connectivity index (χ4n) is 2.77. The summed E-state index contributed by atoms with van der Waals surface area (Å²) >= 11 is 0. The van der Waals surface area contributed by atoms with Gasteiger partial charge in [-0.2, -0.15) is 0 Å². The van der Waals surface area contributed by atoms with Crippen molar-refractivity contribution in [3.8, 4) is 11.5 Å². The van der Waals surface area contributed by atoms with Crippen LogP contribution in [0.4, 0.5) is 0 Å². The number of aryl methyl sites for hydroxylation is 1. The minimum Gasteiger partial charge on any atom is -0.352 e. The molecule has 0 fully saturated rings. The van der Waals surface area contributed by atoms with Gasteiger partial charge in [0.15, 0.2) is 5.82 Å². The summed E-state index contributed by atoms with van der Waals surface area (Å²) in [6.45, 7) is 0. The van der Waals surface area contributed by atoms with Gasteiger partial charge in [-0.3, -0.25) is 4.79 Å². The van der Waals surface area contributed by atoms with E-state index in [1.165, 1.54) is 0 Å². The minimum atomic E-state index is 0.0103. The lowest BCUT2D eigenvalue weighted by molar-refractivity contribution is 0.899. The molecule has 0 aliphatic heterocycles. The number of para-hydroxylation sites is 1. The number of nitrogens with one attached hydrogen (secondary N) is 2. The highest BCUT2D eigenvalue weighted by Gasteiger charge is 2.18. The van der Waals surface area contributed by atoms with Crippen molar-refractivity contribution in [1.82, 2.24) is 15.0 Å². The van der Waals surface area contributed by atoms with E-state index in [9.17, 15) is 4.79 Å². The van der Waals surface area contributed by atoms with Crippen LogP contribution < -0.4 is 5.56 Å². The lowest BCUT2D eigenvalue weighted by Gasteiger charge is -2.01. The van der Waals surface area contributed by atoms with Crippen LogP contribution in [-0.4, -0.2) is 15.0 Å². The zero-order valence-corrected chi connectivity index (χ0v) is 10.4. The van der Waals surface area contributed by atoms with Gasteiger partial charge in [0.05, 0.1) is 11.4 Å². The summed E-state index contributed by atoms with van der Waals surface area (Å²) < 4.78 is 0. The molecule has 4 nitrogen and oxygen atoms in total. The highest BCUT2D eigenvalue weighted by atomic mass is 16.1. The number of aromatic nitrogens is 3. The summed E-state index contributed by atoms with van der Waals surface area (Å²) in [6, 6.07) is 10.1. The zero-order chi connectivity index (χ0) is 12.8. The Balaban J connectivity index is 1.92. The molecule has 0 unspecified atom stereocenters. The molecule has 0 saturated heterocycles. The standard InChI is InChI=1S/C15H13N3O/c19-15-10-5-3-7-12(10)17-14(18-15)13-8-9-4-1-2-6-11(9)16-13/h1-2,4,6,8,16H,3,5,7H2,(H,17,18,19). The second kappa shape index (κ2) is 3.82. The van der Waals surface area contributed by atoms with Crippen molar-refractivity contribution in [1.29, 1.82) is 0 Å². The third-order valence-electron chi connectivity index (χ3n) is 3.73. The van der Waals surface area contributed by atoms with Crippen LogP contribution >= 0.6 is 0 Å². The second-order valence-electron chi connectivity index (χ2n) is 4.96. The normalized spacial score (nSPS) is 13.9. The van der Waals surface area contributed by atoms with Gasteiger partial charge in [0.25, 0.3) is 5.56 Å². The summed E-state index contributed by atoms with van der Waals surface area (Å²) in [5.41, 5.74) is 3.75. The van der Waals surface area contributed by atoms with Crippen molar-refractivity contribution in [2.24, 2.45) is 0 Å². The molecule has 4 heteroatoms. The summed E-state index contributed by atoms with van der Waals surface area (Å²) in [7, 11) is 0. The van der Waals surface area contributed by atoms with Crippen LogP contribution in [0.1, 0.15) is 17.7 Å². The van der Waals surface area contributed by atoms with E-state index in [4.69, 9.17) is 0 Å². The van der Waals surface area contributed by atoms with Crippen LogP contribution in [0.3, 0.4) is 0 Å². The van der Waals surface area contributed by atoms with Crippen molar-refractivity contribution in [3.63, 3.8) is 0 Å². The monoisotopic (exact) mass is 251 g/mol. The Morgan fingerprint density at radius 3 is 2.89 bits per heavy atom. The quantitative estimate of drug-likeness (QED) is 0.697. The minimum absolute atomic E-state index is 0.0103. The van der Waals surface area contributed by atoms with Gasteiger partial charge in [0.2, 0.25) is 0 Å². The number of rotatable bonds is 1. The fourth-order valence-corrected chi connectivity index (χ4v) is 2.77. The molecule has 0 saturated carbocycles. The SMILES string of the molecule is O=c1[nH]c(-c2cc3ccccc3[nH]2)nc2c1CCC2. The molecule has 0 bridgehead atoms. The molecule has 2 aromatic heterocycles. The fraction of sp³-hybridized carbons (Fsp3) is 0.200. The summed E-state index contributed by atoms with van der Waals surface area (Å²) in [5, 5.41) is 1.13. The number of hydrogen-bond acceptors (Lipinski definition) is 2. The van der Waals surface area contributed by atoms with E-state index in [2.05, 4.69) is 15.0 Å². The molecule has 94 valence electrons. The number of fused-ring (bicyclic) bond motifs is 2. The molecule has 0 spiro atoms. The molecule has 0 atom stereocenters. The summed E-state index contributed by atoms with van der Waals surface area (Å²) in [5.74, 6) is 0.641. The van der Waals surface area contributed by atoms with Crippen molar-refractivity contribution >= 4 is 10.9 Å². The average Bonchev–Trinajstić information content (AvgIpc) is 3.04. The van der Waals surface area contributed by atoms with Gasteiger partial charge in [-0.1, -0.05) is 18.2 Å². The van der Waals surface area contributed by atoms with Crippen LogP contribution in [0.25, 0.3) is 22.4 Å². The van der Waals surface area contributed by atoms with Crippen LogP contribution in [0.15, 0.2) is 35.1 Å². The Morgan fingerprint density at radius 2 is 2.00 bits per heavy atom. The summed E-state index contributed by atoms with van der Waals surface area (Å²) in [6.07, 6.45) is 2.79. The van der Waals surface area contributed by atoms with Gasteiger partial charge in [-0.05, 0) is 31.4 Å². The topological polar surface area (TPSA) is 61.5 Å². The van der Waals surface area contributed by atoms with E-state index in [0.717, 1.165) is 47.1 Å². The lowest BCUT2D eigenvalue weighted by Crippen LogP contribution is -2.15. The van der Waals surface area contributed by atoms with Crippen molar-refractivity contribution in [2.75, 3.05) is 0 Å². The third-order valence-corrected chi connectivity index (χ3v) is 3.73. The van der Waals surface area contributed by atoms with Crippen molar-refractivity contribution < 1.29 is 0 Å². The van der Waals surface area contributed by atoms with E-state index in [-0.39, 0.29) is 5.56 Å². The van der Waals surface area contributed by atoms with E-state index >= 15 is 0 Å². The molecule has 0 radical (unpaired) electrons. The first kappa shape index (κ1) is 10.6. The molecule has 0 amide bonds. The van der Waals surface area contributed by atoms with E-state index in [1.54, 1.807) is 0 Å². The molecule has 3 aromatic rings. The highest BCUT2D eigenvalue weighted by Crippen LogP contribution is 2.23. The molecule has 19 heavy (non-hydrogen) atoms. The van der Waals surface area contributed by atoms with Gasteiger partial charge >= 0.3 is 0 Å². The largest absolute Gasteiger partial charge is 0.352 e. The third kappa shape index (κ3) is 1.60. The molecule has 2 heterocycles. The first-order valence-corrected chi connectivity index (χ1v) is 6.51. The second-order valence-corrected chi connectivity index (χ2v) is 4.96. The van der Waals surface area contributed by atoms with E-state index in [1.807, 2.05) is 30.3 Å². The van der Waals surface area contributed by atoms with Crippen LogP contribution in [0, 0.1) is 0 Å². The molecule has 1 aliphatic carbocycles. The lowest BCUT2D eigenvalue weighted by atomic mass is 10.2. The molecule has 1 aromatic carbocycles. The van der Waals surface area contributed by atoms with Crippen LogP contribution in [-0.2, 0) is 12.8 Å². The van der Waals surface area contributed by atoms with Gasteiger partial charge in [-0.25, -0.2) is 4.98 Å². The van der Waals surface area contributed by atoms with E-state index in [0.29, 0.717) is 5.82 Å². The number of aromatic amines is 2. The Morgan fingerprint density at radius 1 is 1.11 bits per heavy atom. The number of H-pyrrole nitrogens is 2. The molecule has 2 N–H and O–H groups in total. The van der Waals surface area contributed by atoms with Gasteiger partial charge in [0.1, 0.15) is 0 Å². The predicted octanol–water partition coefficient (Wildman–Crippen LogP) is 2.41. The Bertz CT molecular complexity index is 796. The smallest absolute Gasteiger partial charge is 0.254 e. The van der Waals surface area contributed by atoms with Crippen LogP contribution in [0.5, 0.6) is 0 Å². The Hall–Kier alpha value is -2.36. The molecular formula is C15H13N3O. The van der Waals surface area contributed by atoms with Gasteiger partial charge < -0.3 is 9.97 Å². The number of hydrogen-bond donors (Lipinski definition) is 2. The zero-order valence-electron chi connectivity index (χ0n) is 10.4. The summed E-state index contributed by atoms with van der Waals surface area (Å²) in [4.78, 5) is 22.8. The average molecular weight is 251 g/mol. The molecular weight excluding hydrogens is 238 g/mol.